The number of fused-ring (bicyclic) bond motifs is 2. The van der Waals surface area contributed by atoms with Gasteiger partial charge in [0, 0.05) is 23.9 Å². The molecule has 0 unspecified atom stereocenters. The van der Waals surface area contributed by atoms with Gasteiger partial charge in [-0.1, -0.05) is 30.3 Å². The fourth-order valence-corrected chi connectivity index (χ4v) is 6.70. The van der Waals surface area contributed by atoms with Crippen LogP contribution in [0.4, 0.5) is 34.9 Å². The van der Waals surface area contributed by atoms with Crippen LogP contribution in [0.25, 0.3) is 21.5 Å². The summed E-state index contributed by atoms with van der Waals surface area (Å²) in [6.07, 6.45) is 0. The molecule has 19 nitrogen and oxygen atoms in total. The van der Waals surface area contributed by atoms with Crippen molar-refractivity contribution in [3.05, 3.63) is 54.6 Å². The fraction of sp³-hybridized carbons (Fsp3) is 0.148. The molecule has 0 amide bonds. The second-order valence-corrected chi connectivity index (χ2v) is 14.0. The van der Waals surface area contributed by atoms with Gasteiger partial charge in [-0.3, -0.25) is 0 Å². The number of azo groups is 1. The Morgan fingerprint density at radius 3 is 1.98 bits per heavy atom. The second-order valence-electron chi connectivity index (χ2n) is 9.95. The van der Waals surface area contributed by atoms with E-state index >= 15 is 0 Å². The van der Waals surface area contributed by atoms with Gasteiger partial charge in [-0.05, 0) is 42.0 Å². The monoisotopic (exact) mass is 800 g/mol. The third-order valence-corrected chi connectivity index (χ3v) is 9.25. The molecule has 0 aliphatic rings. The van der Waals surface area contributed by atoms with E-state index < -0.39 is 78.6 Å². The van der Waals surface area contributed by atoms with Gasteiger partial charge in [0.05, 0.1) is 27.0 Å². The largest absolute Gasteiger partial charge is 1.00 e. The van der Waals surface area contributed by atoms with Gasteiger partial charge in [0.2, 0.25) is 17.8 Å². The van der Waals surface area contributed by atoms with E-state index in [0.717, 1.165) is 12.1 Å². The Bertz CT molecular complexity index is 2490. The number of hydrogen-bond donors (Lipinski definition) is 5. The Hall–Kier alpha value is -2.10. The van der Waals surface area contributed by atoms with E-state index in [4.69, 9.17) is 0 Å². The zero-order chi connectivity index (χ0) is 35.7. The Kier molecular flexibility index (Phi) is 16.4. The van der Waals surface area contributed by atoms with E-state index in [0.29, 0.717) is 24.1 Å². The number of hydrogen-bond acceptors (Lipinski definition) is 19. The quantitative estimate of drug-likeness (QED) is 0.0445. The molecule has 0 bridgehead atoms. The third kappa shape index (κ3) is 10.6. The van der Waals surface area contributed by atoms with Gasteiger partial charge >= 0.3 is 88.7 Å². The Labute approximate surface area is 363 Å². The average Bonchev–Trinajstić information content (AvgIpc) is 3.01. The van der Waals surface area contributed by atoms with Crippen LogP contribution < -0.4 is 105 Å². The molecule has 0 aliphatic carbocycles. The summed E-state index contributed by atoms with van der Waals surface area (Å²) < 4.78 is 110. The van der Waals surface area contributed by atoms with Crippen LogP contribution >= 0.6 is 0 Å². The van der Waals surface area contributed by atoms with Crippen molar-refractivity contribution in [3.8, 4) is 5.75 Å². The summed E-state index contributed by atoms with van der Waals surface area (Å²) in [5, 5.41) is 35.6. The van der Waals surface area contributed by atoms with Crippen LogP contribution in [0.5, 0.6) is 5.75 Å². The minimum Gasteiger partial charge on any atom is -0.744 e. The SMILES string of the molecule is CCNc1nc(NCCO)nc(Nc2cc(S(=O)(=O)[O-])cc3cc(S(=O)(=O)[O-])c(N=Nc4ccc5ccccc5c4S(=O)(=O)[O-])c(O)c23)n1.[Na+].[Na+].[Na+]. The van der Waals surface area contributed by atoms with E-state index in [2.05, 4.69) is 41.1 Å². The topological polar surface area (TPSA) is 312 Å². The maximum atomic E-state index is 12.4. The first kappa shape index (κ1) is 46.1. The molecule has 0 saturated heterocycles. The van der Waals surface area contributed by atoms with E-state index in [1.54, 1.807) is 13.0 Å². The number of rotatable bonds is 12. The Morgan fingerprint density at radius 2 is 1.38 bits per heavy atom. The molecule has 1 aromatic heterocycles. The van der Waals surface area contributed by atoms with Crippen LogP contribution in [-0.2, 0) is 30.4 Å². The molecule has 0 aliphatic heterocycles. The van der Waals surface area contributed by atoms with Gasteiger partial charge in [0.25, 0.3) is 0 Å². The molecule has 0 atom stereocenters. The first-order valence-electron chi connectivity index (χ1n) is 13.8. The van der Waals surface area contributed by atoms with Crippen LogP contribution in [0.2, 0.25) is 0 Å². The standard InChI is InChI=1S/C27H26N8O11S3.3Na/c1-2-28-25-31-26(29-9-10-36)33-27(32-25)30-19-13-16(47(38,39)40)11-15-12-20(48(41,42)43)22(23(37)21(15)19)35-34-18-8-7-14-5-3-4-6-17(14)24(18)49(44,45)46;;;/h3-8,11-13,36-37H,2,9-10H2,1H3,(H,38,39,40)(H,41,42,43)(H,44,45,46)(H3,28,29,30,31,32,33);;;/q;3*+1/p-3. The van der Waals surface area contributed by atoms with Crippen molar-refractivity contribution >= 4 is 86.8 Å². The van der Waals surface area contributed by atoms with E-state index in [-0.39, 0.29) is 125 Å². The first-order valence-corrected chi connectivity index (χ1v) is 18.0. The molecule has 258 valence electrons. The van der Waals surface area contributed by atoms with E-state index in [1.807, 2.05) is 0 Å². The summed E-state index contributed by atoms with van der Waals surface area (Å²) in [5.41, 5.74) is -1.97. The normalized spacial score (nSPS) is 11.8. The maximum Gasteiger partial charge on any atom is 1.00 e. The molecule has 0 radical (unpaired) electrons. The van der Waals surface area contributed by atoms with E-state index in [1.165, 1.54) is 24.3 Å². The van der Waals surface area contributed by atoms with Crippen molar-refractivity contribution in [2.75, 3.05) is 35.6 Å². The Balaban J connectivity index is 0.00000312. The molecular formula is C27H23N8Na3O11S3. The number of nitrogens with zero attached hydrogens (tertiary/aromatic N) is 5. The number of benzene rings is 4. The number of phenols is 1. The summed E-state index contributed by atoms with van der Waals surface area (Å²) in [5.74, 6) is -1.43. The maximum absolute atomic E-state index is 12.4. The number of aliphatic hydroxyl groups excluding tert-OH is 1. The first-order chi connectivity index (χ1) is 23.0. The van der Waals surface area contributed by atoms with Crippen LogP contribution in [-0.4, -0.2) is 83.8 Å². The van der Waals surface area contributed by atoms with Gasteiger partial charge in [0.1, 0.15) is 41.7 Å². The van der Waals surface area contributed by atoms with Gasteiger partial charge in [-0.25, -0.2) is 25.3 Å². The molecule has 52 heavy (non-hydrogen) atoms. The number of nitrogens with one attached hydrogen (secondary N) is 3. The van der Waals surface area contributed by atoms with Gasteiger partial charge in [-0.2, -0.15) is 15.0 Å². The van der Waals surface area contributed by atoms with Gasteiger partial charge < -0.3 is 39.8 Å². The molecule has 5 N–H and O–H groups in total. The number of aromatic nitrogens is 3. The van der Waals surface area contributed by atoms with Crippen molar-refractivity contribution in [3.63, 3.8) is 0 Å². The van der Waals surface area contributed by atoms with Crippen LogP contribution in [0, 0.1) is 0 Å². The number of phenolic OH excluding ortho intramolecular Hbond substituents is 1. The number of anilines is 4. The third-order valence-electron chi connectivity index (χ3n) is 6.66. The van der Waals surface area contributed by atoms with Crippen LogP contribution in [0.3, 0.4) is 0 Å². The molecule has 1 heterocycles. The van der Waals surface area contributed by atoms with Crippen molar-refractivity contribution in [2.45, 2.75) is 21.6 Å². The van der Waals surface area contributed by atoms with Crippen molar-refractivity contribution in [2.24, 2.45) is 10.2 Å². The molecule has 5 rings (SSSR count). The van der Waals surface area contributed by atoms with Crippen LogP contribution in [0.15, 0.2) is 79.5 Å². The molecular weight excluding hydrogens is 778 g/mol. The predicted molar refractivity (Wildman–Crippen MR) is 170 cm³/mol. The molecule has 4 aromatic carbocycles. The molecule has 0 saturated carbocycles. The van der Waals surface area contributed by atoms with E-state index in [9.17, 15) is 49.1 Å². The number of aromatic hydroxyl groups is 1. The van der Waals surface area contributed by atoms with Gasteiger partial charge in [0.15, 0.2) is 5.75 Å². The number of aliphatic hydroxyl groups is 1. The molecule has 0 fully saturated rings. The summed E-state index contributed by atoms with van der Waals surface area (Å²) in [4.78, 5) is 9.39. The second kappa shape index (κ2) is 18.5. The van der Waals surface area contributed by atoms with Crippen molar-refractivity contribution in [1.82, 2.24) is 15.0 Å². The van der Waals surface area contributed by atoms with Crippen molar-refractivity contribution in [1.29, 1.82) is 0 Å². The fourth-order valence-electron chi connectivity index (χ4n) is 4.70. The summed E-state index contributed by atoms with van der Waals surface area (Å²) in [6.45, 7) is 1.81. The Morgan fingerprint density at radius 1 is 0.750 bits per heavy atom. The molecule has 0 spiro atoms. The van der Waals surface area contributed by atoms with Gasteiger partial charge in [-0.15, -0.1) is 10.2 Å². The smallest absolute Gasteiger partial charge is 0.744 e. The average molecular weight is 801 g/mol. The minimum atomic E-state index is -5.53. The summed E-state index contributed by atoms with van der Waals surface area (Å²) >= 11 is 0. The minimum absolute atomic E-state index is 0. The van der Waals surface area contributed by atoms with Crippen LogP contribution in [0.1, 0.15) is 6.92 Å². The zero-order valence-corrected chi connectivity index (χ0v) is 36.3. The molecule has 5 aromatic rings. The summed E-state index contributed by atoms with van der Waals surface area (Å²) in [6, 6.07) is 10.5. The van der Waals surface area contributed by atoms with Crippen molar-refractivity contribution < 1.29 is 138 Å². The predicted octanol–water partition coefficient (Wildman–Crippen LogP) is -6.40. The zero-order valence-electron chi connectivity index (χ0n) is 27.8. The summed E-state index contributed by atoms with van der Waals surface area (Å²) in [7, 11) is -16.0. The molecule has 25 heteroatoms.